The Bertz CT molecular complexity index is 1420. The van der Waals surface area contributed by atoms with Gasteiger partial charge in [0.1, 0.15) is 23.1 Å². The molecule has 2 aromatic heterocycles. The van der Waals surface area contributed by atoms with Crippen molar-refractivity contribution in [1.82, 2.24) is 19.5 Å². The molecule has 1 unspecified atom stereocenters. The molecule has 0 saturated heterocycles. The molecule has 0 aliphatic carbocycles. The Hall–Kier alpha value is -2.36. The first kappa shape index (κ1) is 38.1. The average molecular weight is 702 g/mol. The Balaban J connectivity index is 1.10. The fraction of sp³-hybridized carbons (Fsp3) is 0.621. The number of aromatic nitrogens is 4. The van der Waals surface area contributed by atoms with Crippen molar-refractivity contribution in [2.45, 2.75) is 95.1 Å². The maximum Gasteiger partial charge on any atom is 0.353 e. The summed E-state index contributed by atoms with van der Waals surface area (Å²) in [5.74, 6) is 0.274. The lowest BCUT2D eigenvalue weighted by Crippen LogP contribution is -2.18. The van der Waals surface area contributed by atoms with Crippen molar-refractivity contribution in [2.75, 3.05) is 31.9 Å². The number of nitrogens with two attached hydrogens (primary N) is 1. The van der Waals surface area contributed by atoms with Gasteiger partial charge < -0.3 is 29.2 Å². The quantitative estimate of drug-likeness (QED) is 0.0565. The van der Waals surface area contributed by atoms with Gasteiger partial charge in [0.05, 0.1) is 32.2 Å². The van der Waals surface area contributed by atoms with Crippen LogP contribution >= 0.6 is 17.8 Å². The number of hydrogen-bond donors (Lipinski definition) is 2. The Labute approximate surface area is 266 Å². The highest BCUT2D eigenvalue weighted by Gasteiger charge is 2.65. The normalized spacial score (nSPS) is 15.8. The van der Waals surface area contributed by atoms with Crippen molar-refractivity contribution in [3.8, 4) is 0 Å². The molecule has 0 aliphatic heterocycles. The van der Waals surface area contributed by atoms with Gasteiger partial charge in [-0.25, -0.2) is 15.0 Å². The van der Waals surface area contributed by atoms with Gasteiger partial charge in [0.15, 0.2) is 11.5 Å². The van der Waals surface area contributed by atoms with Gasteiger partial charge in [-0.1, -0.05) is 82.9 Å². The zero-order valence-corrected chi connectivity index (χ0v) is 27.8. The second kappa shape index (κ2) is 16.2. The Morgan fingerprint density at radius 1 is 0.870 bits per heavy atom. The van der Waals surface area contributed by atoms with E-state index >= 15 is 0 Å². The summed E-state index contributed by atoms with van der Waals surface area (Å²) >= 11 is 0. The van der Waals surface area contributed by atoms with Gasteiger partial charge in [0, 0.05) is 6.61 Å². The third kappa shape index (κ3) is 13.8. The first-order valence-corrected chi connectivity index (χ1v) is 19.2. The lowest BCUT2D eigenvalue weighted by molar-refractivity contribution is 0.0610. The monoisotopic (exact) mass is 701 g/mol. The molecular weight excluding hydrogens is 656 g/mol. The highest BCUT2D eigenvalue weighted by atomic mass is 32.5. The summed E-state index contributed by atoms with van der Waals surface area (Å²) < 4.78 is 94.0. The van der Waals surface area contributed by atoms with Crippen molar-refractivity contribution in [2.24, 2.45) is 0 Å². The largest absolute Gasteiger partial charge is 0.382 e. The molecule has 3 rings (SSSR count). The average Bonchev–Trinajstić information content (AvgIpc) is 3.38. The van der Waals surface area contributed by atoms with Crippen LogP contribution in [-0.4, -0.2) is 56.7 Å². The van der Waals surface area contributed by atoms with Crippen LogP contribution in [0.15, 0.2) is 41.8 Å². The molecule has 2 heterocycles. The third-order valence-corrected chi connectivity index (χ3v) is 9.52. The van der Waals surface area contributed by atoms with Gasteiger partial charge in [-0.05, 0) is 43.9 Å². The molecule has 0 spiro atoms. The minimum Gasteiger partial charge on any atom is -0.382 e. The van der Waals surface area contributed by atoms with Gasteiger partial charge in [-0.3, -0.25) is 4.57 Å². The molecule has 3 aromatic rings. The SMILES string of the molecule is C[C@H](Cn1cnc2c(N)ncnc21)OCP(=O)(O)OCCOCCCCCCCCCCCCc1ccc(S(F)(F)(F)(F)F)cc1. The molecule has 262 valence electrons. The van der Waals surface area contributed by atoms with Crippen LogP contribution in [0.1, 0.15) is 76.7 Å². The van der Waals surface area contributed by atoms with Gasteiger partial charge in [-0.15, -0.1) is 0 Å². The molecule has 0 fully saturated rings. The number of nitrogen functional groups attached to an aromatic ring is 1. The summed E-state index contributed by atoms with van der Waals surface area (Å²) in [5, 5.41) is 0. The number of benzene rings is 1. The summed E-state index contributed by atoms with van der Waals surface area (Å²) in [5.41, 5.74) is 7.45. The Morgan fingerprint density at radius 2 is 1.48 bits per heavy atom. The van der Waals surface area contributed by atoms with Crippen LogP contribution in [0.5, 0.6) is 0 Å². The van der Waals surface area contributed by atoms with E-state index in [0.717, 1.165) is 76.3 Å². The lowest BCUT2D eigenvalue weighted by atomic mass is 10.0. The molecule has 10 nitrogen and oxygen atoms in total. The van der Waals surface area contributed by atoms with Crippen LogP contribution in [0.25, 0.3) is 11.2 Å². The van der Waals surface area contributed by atoms with E-state index in [0.29, 0.717) is 48.4 Å². The van der Waals surface area contributed by atoms with Crippen LogP contribution in [-0.2, 0) is 31.5 Å². The predicted molar refractivity (Wildman–Crippen MR) is 169 cm³/mol. The van der Waals surface area contributed by atoms with E-state index in [-0.39, 0.29) is 19.0 Å². The van der Waals surface area contributed by atoms with Crippen LogP contribution in [0.3, 0.4) is 0 Å². The summed E-state index contributed by atoms with van der Waals surface area (Å²) in [7, 11) is -13.5. The van der Waals surface area contributed by atoms with E-state index in [1.807, 2.05) is 0 Å². The second-order valence-corrected chi connectivity index (χ2v) is 15.6. The first-order chi connectivity index (χ1) is 21.5. The molecule has 46 heavy (non-hydrogen) atoms. The molecule has 0 amide bonds. The lowest BCUT2D eigenvalue weighted by Gasteiger charge is -2.40. The highest BCUT2D eigenvalue weighted by Crippen LogP contribution is 3.02. The number of anilines is 1. The number of aryl methyl sites for hydroxylation is 1. The smallest absolute Gasteiger partial charge is 0.353 e. The van der Waals surface area contributed by atoms with Crippen molar-refractivity contribution < 1.29 is 42.9 Å². The van der Waals surface area contributed by atoms with Gasteiger partial charge in [0.25, 0.3) is 0 Å². The molecular formula is C29H45F5N5O5PS. The summed E-state index contributed by atoms with van der Waals surface area (Å²) in [6.07, 6.45) is 12.8. The molecule has 2 atom stereocenters. The molecule has 3 N–H and O–H groups in total. The third-order valence-electron chi connectivity index (χ3n) is 7.30. The maximum absolute atomic E-state index is 12.8. The van der Waals surface area contributed by atoms with E-state index in [1.54, 1.807) is 17.8 Å². The standard InChI is InChI=1S/C29H45F5N5O5PS/c1-24(20-39-22-38-27-28(35)36-21-37-29(27)39)43-23-45(40,41)44-19-18-42-17-11-9-7-5-3-2-4-6-8-10-12-25-13-15-26(16-14-25)46(30,31,32,33)34/h13-16,21-22,24H,2-12,17-20,23H2,1H3,(H,40,41)(H2,35,36,37)/t24-/m1/s1. The van der Waals surface area contributed by atoms with Crippen molar-refractivity contribution in [3.05, 3.63) is 42.5 Å². The fourth-order valence-corrected chi connectivity index (χ4v) is 6.35. The number of nitrogens with zero attached hydrogens (tertiary/aromatic N) is 4. The number of ether oxygens (including phenoxy) is 2. The molecule has 0 radical (unpaired) electrons. The van der Waals surface area contributed by atoms with Gasteiger partial charge in [0.2, 0.25) is 0 Å². The zero-order valence-electron chi connectivity index (χ0n) is 26.0. The number of hydrogen-bond acceptors (Lipinski definition) is 8. The summed E-state index contributed by atoms with van der Waals surface area (Å²) in [6.45, 7) is 2.85. The second-order valence-electron chi connectivity index (χ2n) is 11.4. The highest BCUT2D eigenvalue weighted by molar-refractivity contribution is 8.45. The molecule has 0 saturated carbocycles. The predicted octanol–water partition coefficient (Wildman–Crippen LogP) is 8.79. The number of imidazole rings is 1. The molecule has 1 aromatic carbocycles. The van der Waals surface area contributed by atoms with E-state index < -0.39 is 35.2 Å². The van der Waals surface area contributed by atoms with Crippen molar-refractivity contribution >= 4 is 34.8 Å². The van der Waals surface area contributed by atoms with E-state index in [4.69, 9.17) is 19.7 Å². The molecule has 0 aliphatic rings. The summed E-state index contributed by atoms with van der Waals surface area (Å²) in [4.78, 5) is 20.4. The van der Waals surface area contributed by atoms with Crippen LogP contribution in [0, 0.1) is 0 Å². The van der Waals surface area contributed by atoms with Crippen LogP contribution < -0.4 is 5.73 Å². The first-order valence-electron chi connectivity index (χ1n) is 15.4. The number of rotatable bonds is 23. The Kier molecular flexibility index (Phi) is 13.4. The van der Waals surface area contributed by atoms with Crippen LogP contribution in [0.4, 0.5) is 25.2 Å². The van der Waals surface area contributed by atoms with Crippen molar-refractivity contribution in [1.29, 1.82) is 0 Å². The number of fused-ring (bicyclic) bond motifs is 1. The van der Waals surface area contributed by atoms with E-state index in [1.165, 1.54) is 6.33 Å². The maximum atomic E-state index is 12.8. The number of halogens is 5. The number of unbranched alkanes of at least 4 members (excludes halogenated alkanes) is 9. The minimum absolute atomic E-state index is 0.0158. The fourth-order valence-electron chi connectivity index (χ4n) is 4.82. The van der Waals surface area contributed by atoms with Crippen LogP contribution in [0.2, 0.25) is 0 Å². The van der Waals surface area contributed by atoms with E-state index in [2.05, 4.69) is 15.0 Å². The zero-order chi connectivity index (χ0) is 33.7. The minimum atomic E-state index is -9.60. The molecule has 0 bridgehead atoms. The van der Waals surface area contributed by atoms with E-state index in [9.17, 15) is 28.9 Å². The van der Waals surface area contributed by atoms with Crippen molar-refractivity contribution in [3.63, 3.8) is 0 Å². The Morgan fingerprint density at radius 3 is 2.11 bits per heavy atom. The van der Waals surface area contributed by atoms with Gasteiger partial charge >= 0.3 is 17.8 Å². The topological polar surface area (TPSA) is 135 Å². The summed E-state index contributed by atoms with van der Waals surface area (Å²) in [6, 6.07) is 3.24. The molecule has 17 heteroatoms. The van der Waals surface area contributed by atoms with Gasteiger partial charge in [-0.2, -0.15) is 0 Å².